The van der Waals surface area contributed by atoms with Crippen molar-refractivity contribution in [3.8, 4) is 0 Å². The molecule has 2 N–H and O–H groups in total. The van der Waals surface area contributed by atoms with E-state index in [4.69, 9.17) is 0 Å². The number of pyridine rings is 1. The van der Waals surface area contributed by atoms with E-state index in [0.29, 0.717) is 17.9 Å². The Kier molecular flexibility index (Phi) is 6.63. The zero-order chi connectivity index (χ0) is 19.8. The summed E-state index contributed by atoms with van der Waals surface area (Å²) >= 11 is 0. The molecule has 1 heterocycles. The average Bonchev–Trinajstić information content (AvgIpc) is 2.72. The van der Waals surface area contributed by atoms with E-state index in [9.17, 15) is 4.79 Å². The first-order valence-corrected chi connectivity index (χ1v) is 9.44. The van der Waals surface area contributed by atoms with Crippen LogP contribution in [0, 0.1) is 0 Å². The minimum Gasteiger partial charge on any atom is -0.378 e. The zero-order valence-electron chi connectivity index (χ0n) is 16.4. The highest BCUT2D eigenvalue weighted by atomic mass is 16.1. The van der Waals surface area contributed by atoms with Crippen molar-refractivity contribution in [1.82, 2.24) is 10.3 Å². The van der Waals surface area contributed by atoms with Gasteiger partial charge in [-0.15, -0.1) is 0 Å². The molecule has 0 bridgehead atoms. The van der Waals surface area contributed by atoms with Crippen molar-refractivity contribution >= 4 is 23.1 Å². The van der Waals surface area contributed by atoms with Gasteiger partial charge in [0.05, 0.1) is 0 Å². The molecule has 1 amide bonds. The highest BCUT2D eigenvalue weighted by Crippen LogP contribution is 2.19. The number of hydrogen-bond donors (Lipinski definition) is 2. The molecule has 0 fully saturated rings. The van der Waals surface area contributed by atoms with Crippen molar-refractivity contribution in [3.05, 3.63) is 84.1 Å². The number of amides is 1. The van der Waals surface area contributed by atoms with E-state index in [1.165, 1.54) is 5.56 Å². The van der Waals surface area contributed by atoms with Crippen LogP contribution >= 0.6 is 0 Å². The molecule has 3 rings (SSSR count). The second-order valence-electron chi connectivity index (χ2n) is 6.84. The van der Waals surface area contributed by atoms with Crippen LogP contribution in [0.15, 0.2) is 72.9 Å². The number of aryl methyl sites for hydroxylation is 1. The molecule has 0 atom stereocenters. The van der Waals surface area contributed by atoms with Crippen LogP contribution in [-0.4, -0.2) is 31.5 Å². The number of hydrogen-bond acceptors (Lipinski definition) is 4. The van der Waals surface area contributed by atoms with E-state index < -0.39 is 0 Å². The van der Waals surface area contributed by atoms with Crippen LogP contribution < -0.4 is 15.5 Å². The smallest absolute Gasteiger partial charge is 0.251 e. The summed E-state index contributed by atoms with van der Waals surface area (Å²) in [4.78, 5) is 18.8. The maximum absolute atomic E-state index is 12.4. The Bertz CT molecular complexity index is 892. The molecular formula is C23H26N4O. The number of anilines is 3. The van der Waals surface area contributed by atoms with E-state index >= 15 is 0 Å². The molecule has 0 saturated heterocycles. The quantitative estimate of drug-likeness (QED) is 0.579. The third-order valence-corrected chi connectivity index (χ3v) is 4.45. The van der Waals surface area contributed by atoms with Gasteiger partial charge in [0.2, 0.25) is 0 Å². The highest BCUT2D eigenvalue weighted by Gasteiger charge is 2.07. The Hall–Kier alpha value is -3.34. The first kappa shape index (κ1) is 19.4. The molecule has 0 unspecified atom stereocenters. The first-order chi connectivity index (χ1) is 13.6. The lowest BCUT2D eigenvalue weighted by Gasteiger charge is -2.13. The van der Waals surface area contributed by atoms with Gasteiger partial charge in [0.1, 0.15) is 5.82 Å². The van der Waals surface area contributed by atoms with E-state index in [2.05, 4.69) is 27.8 Å². The van der Waals surface area contributed by atoms with E-state index in [0.717, 1.165) is 24.2 Å². The molecular weight excluding hydrogens is 348 g/mol. The van der Waals surface area contributed by atoms with Crippen LogP contribution in [0.1, 0.15) is 22.3 Å². The van der Waals surface area contributed by atoms with Crippen molar-refractivity contribution in [3.63, 3.8) is 0 Å². The largest absolute Gasteiger partial charge is 0.378 e. The lowest BCUT2D eigenvalue weighted by molar-refractivity contribution is 0.0953. The second kappa shape index (κ2) is 9.55. The Morgan fingerprint density at radius 1 is 1.00 bits per heavy atom. The second-order valence-corrected chi connectivity index (χ2v) is 6.84. The molecule has 28 heavy (non-hydrogen) atoms. The summed E-state index contributed by atoms with van der Waals surface area (Å²) in [6.45, 7) is 0.644. The van der Waals surface area contributed by atoms with Gasteiger partial charge in [-0.2, -0.15) is 0 Å². The third-order valence-electron chi connectivity index (χ3n) is 4.45. The van der Waals surface area contributed by atoms with E-state index in [1.54, 1.807) is 18.3 Å². The monoisotopic (exact) mass is 374 g/mol. The molecule has 0 aliphatic carbocycles. The van der Waals surface area contributed by atoms with Gasteiger partial charge in [0.25, 0.3) is 5.91 Å². The molecule has 0 radical (unpaired) electrons. The van der Waals surface area contributed by atoms with Gasteiger partial charge in [-0.1, -0.05) is 30.3 Å². The van der Waals surface area contributed by atoms with Gasteiger partial charge < -0.3 is 15.5 Å². The maximum Gasteiger partial charge on any atom is 0.251 e. The molecule has 0 saturated carbocycles. The summed E-state index contributed by atoms with van der Waals surface area (Å²) in [5.74, 6) is 0.566. The zero-order valence-corrected chi connectivity index (χ0v) is 16.4. The predicted octanol–water partition coefficient (Wildman–Crippen LogP) is 4.25. The number of carbonyl (C=O) groups excluding carboxylic acids is 1. The van der Waals surface area contributed by atoms with Crippen molar-refractivity contribution in [2.45, 2.75) is 12.8 Å². The summed E-state index contributed by atoms with van der Waals surface area (Å²) in [5.41, 5.74) is 3.94. The Morgan fingerprint density at radius 3 is 2.46 bits per heavy atom. The molecule has 3 aromatic rings. The summed E-state index contributed by atoms with van der Waals surface area (Å²) in [5, 5.41) is 6.22. The van der Waals surface area contributed by atoms with Crippen LogP contribution in [0.25, 0.3) is 0 Å². The van der Waals surface area contributed by atoms with Gasteiger partial charge >= 0.3 is 0 Å². The fourth-order valence-electron chi connectivity index (χ4n) is 2.87. The Morgan fingerprint density at radius 2 is 1.75 bits per heavy atom. The molecule has 1 aromatic heterocycles. The van der Waals surface area contributed by atoms with Crippen LogP contribution in [0.3, 0.4) is 0 Å². The van der Waals surface area contributed by atoms with Gasteiger partial charge in [0.15, 0.2) is 0 Å². The van der Waals surface area contributed by atoms with Crippen LogP contribution in [0.4, 0.5) is 17.2 Å². The maximum atomic E-state index is 12.4. The minimum atomic E-state index is -0.0820. The number of nitrogens with one attached hydrogen (secondary N) is 2. The molecule has 0 spiro atoms. The molecule has 0 aliphatic rings. The lowest BCUT2D eigenvalue weighted by Crippen LogP contribution is -2.24. The van der Waals surface area contributed by atoms with Crippen LogP contribution in [-0.2, 0) is 6.42 Å². The van der Waals surface area contributed by atoms with Gasteiger partial charge in [-0.05, 0) is 54.8 Å². The van der Waals surface area contributed by atoms with Crippen LogP contribution in [0.5, 0.6) is 0 Å². The van der Waals surface area contributed by atoms with Crippen molar-refractivity contribution in [2.24, 2.45) is 0 Å². The lowest BCUT2D eigenvalue weighted by atomic mass is 10.1. The summed E-state index contributed by atoms with van der Waals surface area (Å²) in [7, 11) is 4.01. The SMILES string of the molecule is CN(C)c1ccc(Nc2cc(C(=O)NCCCc3ccccc3)ccn2)cc1. The Balaban J connectivity index is 1.52. The number of nitrogens with zero attached hydrogens (tertiary/aromatic N) is 2. The molecule has 5 heteroatoms. The fourth-order valence-corrected chi connectivity index (χ4v) is 2.87. The number of aromatic nitrogens is 1. The normalized spacial score (nSPS) is 10.4. The molecule has 5 nitrogen and oxygen atoms in total. The van der Waals surface area contributed by atoms with E-state index in [1.807, 2.05) is 61.5 Å². The molecule has 144 valence electrons. The number of rotatable bonds is 8. The minimum absolute atomic E-state index is 0.0820. The summed E-state index contributed by atoms with van der Waals surface area (Å²) in [6.07, 6.45) is 3.51. The van der Waals surface area contributed by atoms with Crippen LogP contribution in [0.2, 0.25) is 0 Å². The fraction of sp³-hybridized carbons (Fsp3) is 0.217. The van der Waals surface area contributed by atoms with E-state index in [-0.39, 0.29) is 5.91 Å². The molecule has 2 aromatic carbocycles. The van der Waals surface area contributed by atoms with Crippen molar-refractivity contribution < 1.29 is 4.79 Å². The van der Waals surface area contributed by atoms with Gasteiger partial charge in [-0.25, -0.2) is 4.98 Å². The third kappa shape index (κ3) is 5.58. The van der Waals surface area contributed by atoms with Crippen molar-refractivity contribution in [2.75, 3.05) is 30.9 Å². The topological polar surface area (TPSA) is 57.3 Å². The highest BCUT2D eigenvalue weighted by molar-refractivity contribution is 5.94. The Labute approximate surface area is 166 Å². The van der Waals surface area contributed by atoms with Gasteiger partial charge in [-0.3, -0.25) is 4.79 Å². The van der Waals surface area contributed by atoms with Gasteiger partial charge in [0, 0.05) is 43.8 Å². The summed E-state index contributed by atoms with van der Waals surface area (Å²) in [6, 6.07) is 21.8. The number of benzene rings is 2. The first-order valence-electron chi connectivity index (χ1n) is 9.44. The average molecular weight is 374 g/mol. The predicted molar refractivity (Wildman–Crippen MR) is 115 cm³/mol. The number of carbonyl (C=O) groups is 1. The standard InChI is InChI=1S/C23H26N4O/c1-27(2)21-12-10-20(11-13-21)26-22-17-19(14-16-24-22)23(28)25-15-6-9-18-7-4-3-5-8-18/h3-5,7-8,10-14,16-17H,6,9,15H2,1-2H3,(H,24,26)(H,25,28). The molecule has 0 aliphatic heterocycles. The van der Waals surface area contributed by atoms with Crippen molar-refractivity contribution in [1.29, 1.82) is 0 Å². The summed E-state index contributed by atoms with van der Waals surface area (Å²) < 4.78 is 0.